The number of nitrogens with one attached hydrogen (secondary N) is 1. The Balaban J connectivity index is 2.10. The first-order valence-corrected chi connectivity index (χ1v) is 9.62. The summed E-state index contributed by atoms with van der Waals surface area (Å²) in [6.45, 7) is 1.77. The normalized spacial score (nSPS) is 14.1. The molecule has 0 aliphatic heterocycles. The van der Waals surface area contributed by atoms with E-state index in [2.05, 4.69) is 4.72 Å². The highest BCUT2D eigenvalue weighted by atomic mass is 32.2. The molecule has 0 spiro atoms. The maximum atomic E-state index is 12.9. The molecular formula is C18H19FN2O3S2. The summed E-state index contributed by atoms with van der Waals surface area (Å²) in [7, 11) is -3.77. The molecule has 138 valence electrons. The smallest absolute Gasteiger partial charge is 0.261 e. The van der Waals surface area contributed by atoms with Gasteiger partial charge in [-0.1, -0.05) is 43.4 Å². The first-order chi connectivity index (χ1) is 12.2. The van der Waals surface area contributed by atoms with Crippen LogP contribution in [0.5, 0.6) is 0 Å². The molecule has 0 fully saturated rings. The predicted octanol–water partition coefficient (Wildman–Crippen LogP) is 2.92. The molecule has 5 nitrogen and oxygen atoms in total. The van der Waals surface area contributed by atoms with Gasteiger partial charge in [-0.2, -0.15) is 0 Å². The summed E-state index contributed by atoms with van der Waals surface area (Å²) in [5, 5.41) is 9.75. The number of aliphatic hydroxyl groups is 1. The minimum Gasteiger partial charge on any atom is -0.391 e. The molecule has 0 radical (unpaired) electrons. The zero-order valence-corrected chi connectivity index (χ0v) is 15.6. The van der Waals surface area contributed by atoms with Gasteiger partial charge < -0.3 is 10.8 Å². The van der Waals surface area contributed by atoms with Gasteiger partial charge in [0.05, 0.1) is 4.90 Å². The van der Waals surface area contributed by atoms with Crippen molar-refractivity contribution in [1.29, 1.82) is 0 Å². The summed E-state index contributed by atoms with van der Waals surface area (Å²) in [5.74, 6) is -0.713. The van der Waals surface area contributed by atoms with Gasteiger partial charge in [0.2, 0.25) is 0 Å². The lowest BCUT2D eigenvalue weighted by atomic mass is 10.0. The summed E-state index contributed by atoms with van der Waals surface area (Å²) in [6, 6.07) is 11.2. The first-order valence-electron chi connectivity index (χ1n) is 7.73. The fraction of sp³-hybridized carbons (Fsp3) is 0.167. The van der Waals surface area contributed by atoms with E-state index in [1.807, 2.05) is 0 Å². The van der Waals surface area contributed by atoms with Gasteiger partial charge in [-0.3, -0.25) is 4.72 Å². The van der Waals surface area contributed by atoms with Crippen LogP contribution >= 0.6 is 12.2 Å². The van der Waals surface area contributed by atoms with Crippen LogP contribution < -0.4 is 10.5 Å². The molecule has 0 saturated carbocycles. The highest BCUT2D eigenvalue weighted by Crippen LogP contribution is 2.18. The number of hydrogen-bond acceptors (Lipinski definition) is 4. The monoisotopic (exact) mass is 394 g/mol. The van der Waals surface area contributed by atoms with Crippen LogP contribution in [0.25, 0.3) is 6.08 Å². The number of benzene rings is 2. The molecule has 0 saturated heterocycles. The second-order valence-corrected chi connectivity index (χ2v) is 7.90. The van der Waals surface area contributed by atoms with E-state index in [0.29, 0.717) is 0 Å². The lowest BCUT2D eigenvalue weighted by Crippen LogP contribution is -2.31. The van der Waals surface area contributed by atoms with Crippen molar-refractivity contribution in [1.82, 2.24) is 0 Å². The van der Waals surface area contributed by atoms with Crippen LogP contribution in [-0.2, 0) is 10.0 Å². The average molecular weight is 394 g/mol. The van der Waals surface area contributed by atoms with Gasteiger partial charge in [0.25, 0.3) is 10.0 Å². The summed E-state index contributed by atoms with van der Waals surface area (Å²) in [6.07, 6.45) is 2.57. The number of anilines is 1. The molecule has 2 rings (SSSR count). The van der Waals surface area contributed by atoms with Crippen molar-refractivity contribution in [3.8, 4) is 0 Å². The van der Waals surface area contributed by atoms with Gasteiger partial charge >= 0.3 is 0 Å². The van der Waals surface area contributed by atoms with Crippen LogP contribution in [0, 0.1) is 11.7 Å². The van der Waals surface area contributed by atoms with Gasteiger partial charge in [-0.25, -0.2) is 12.8 Å². The highest BCUT2D eigenvalue weighted by Gasteiger charge is 2.15. The van der Waals surface area contributed by atoms with Crippen molar-refractivity contribution in [2.45, 2.75) is 17.9 Å². The number of hydrogen-bond donors (Lipinski definition) is 3. The highest BCUT2D eigenvalue weighted by molar-refractivity contribution is 7.92. The van der Waals surface area contributed by atoms with Crippen LogP contribution in [0.1, 0.15) is 12.5 Å². The van der Waals surface area contributed by atoms with Crippen molar-refractivity contribution < 1.29 is 17.9 Å². The second-order valence-electron chi connectivity index (χ2n) is 5.75. The molecule has 8 heteroatoms. The molecule has 26 heavy (non-hydrogen) atoms. The van der Waals surface area contributed by atoms with Crippen molar-refractivity contribution in [3.63, 3.8) is 0 Å². The fourth-order valence-electron chi connectivity index (χ4n) is 2.12. The molecule has 0 heterocycles. The molecule has 0 aliphatic carbocycles. The first kappa shape index (κ1) is 20.0. The third-order valence-corrected chi connectivity index (χ3v) is 5.31. The Morgan fingerprint density at radius 2 is 1.77 bits per heavy atom. The van der Waals surface area contributed by atoms with Gasteiger partial charge in [0.1, 0.15) is 16.9 Å². The number of thiocarbonyl (C=S) groups is 1. The van der Waals surface area contributed by atoms with E-state index in [1.165, 1.54) is 36.4 Å². The molecule has 2 unspecified atom stereocenters. The molecule has 2 atom stereocenters. The third kappa shape index (κ3) is 5.35. The molecule has 0 bridgehead atoms. The maximum absolute atomic E-state index is 12.9. The predicted molar refractivity (Wildman–Crippen MR) is 105 cm³/mol. The topological polar surface area (TPSA) is 92.4 Å². The number of halogens is 1. The molecule has 0 aromatic heterocycles. The minimum absolute atomic E-state index is 0.0236. The van der Waals surface area contributed by atoms with Crippen LogP contribution in [0.3, 0.4) is 0 Å². The van der Waals surface area contributed by atoms with Gasteiger partial charge in [-0.15, -0.1) is 0 Å². The van der Waals surface area contributed by atoms with Crippen LogP contribution in [0.2, 0.25) is 0 Å². The zero-order chi connectivity index (χ0) is 19.3. The number of aliphatic hydroxyl groups excluding tert-OH is 1. The van der Waals surface area contributed by atoms with E-state index in [4.69, 9.17) is 18.0 Å². The largest absolute Gasteiger partial charge is 0.391 e. The van der Waals surface area contributed by atoms with E-state index < -0.39 is 21.9 Å². The summed E-state index contributed by atoms with van der Waals surface area (Å²) < 4.78 is 40.0. The van der Waals surface area contributed by atoms with E-state index in [0.717, 1.165) is 5.56 Å². The Hall–Kier alpha value is -2.29. The van der Waals surface area contributed by atoms with E-state index in [9.17, 15) is 17.9 Å². The standard InChI is InChI=1S/C18H19FN2O3S2/c1-12(17(22)18(20)25)2-3-13-4-10-16(11-5-13)26(23,24)21-15-8-6-14(19)7-9-15/h2-12,17,21-22H,1H3,(H2,20,25). The Bertz CT molecular complexity index is 895. The van der Waals surface area contributed by atoms with Crippen molar-refractivity contribution in [3.05, 3.63) is 66.0 Å². The van der Waals surface area contributed by atoms with Crippen molar-refractivity contribution >= 4 is 39.0 Å². The number of rotatable bonds is 7. The fourth-order valence-corrected chi connectivity index (χ4v) is 3.39. The van der Waals surface area contributed by atoms with E-state index in [-0.39, 0.29) is 21.5 Å². The minimum atomic E-state index is -3.77. The zero-order valence-electron chi connectivity index (χ0n) is 14.0. The average Bonchev–Trinajstić information content (AvgIpc) is 2.61. The summed E-state index contributed by atoms with van der Waals surface area (Å²) in [5.41, 5.74) is 6.43. The van der Waals surface area contributed by atoms with Gasteiger partial charge in [0, 0.05) is 11.6 Å². The Morgan fingerprint density at radius 3 is 2.31 bits per heavy atom. The second kappa shape index (κ2) is 8.39. The Morgan fingerprint density at radius 1 is 1.19 bits per heavy atom. The third-order valence-electron chi connectivity index (χ3n) is 3.67. The molecule has 2 aromatic carbocycles. The van der Waals surface area contributed by atoms with Crippen molar-refractivity contribution in [2.75, 3.05) is 4.72 Å². The van der Waals surface area contributed by atoms with Gasteiger partial charge in [-0.05, 0) is 42.0 Å². The quantitative estimate of drug-likeness (QED) is 0.628. The number of nitrogens with two attached hydrogens (primary N) is 1. The Kier molecular flexibility index (Phi) is 6.47. The van der Waals surface area contributed by atoms with Crippen molar-refractivity contribution in [2.24, 2.45) is 11.7 Å². The van der Waals surface area contributed by atoms with Gasteiger partial charge in [0.15, 0.2) is 0 Å². The molecule has 0 aliphatic rings. The lowest BCUT2D eigenvalue weighted by Gasteiger charge is -2.13. The summed E-state index contributed by atoms with van der Waals surface area (Å²) >= 11 is 4.74. The summed E-state index contributed by atoms with van der Waals surface area (Å²) in [4.78, 5) is 0.102. The molecule has 0 amide bonds. The van der Waals surface area contributed by atoms with Crippen LogP contribution in [0.4, 0.5) is 10.1 Å². The van der Waals surface area contributed by atoms with Crippen LogP contribution in [0.15, 0.2) is 59.5 Å². The SMILES string of the molecule is CC(C=Cc1ccc(S(=O)(=O)Nc2ccc(F)cc2)cc1)C(O)C(N)=S. The molecule has 2 aromatic rings. The molecule has 4 N–H and O–H groups in total. The van der Waals surface area contributed by atoms with E-state index in [1.54, 1.807) is 31.2 Å². The van der Waals surface area contributed by atoms with E-state index >= 15 is 0 Å². The van der Waals surface area contributed by atoms with Crippen LogP contribution in [-0.4, -0.2) is 24.6 Å². The molecular weight excluding hydrogens is 375 g/mol. The maximum Gasteiger partial charge on any atom is 0.261 e. The lowest BCUT2D eigenvalue weighted by molar-refractivity contribution is 0.205. The Labute approximate surface area is 157 Å². The number of sulfonamides is 1.